The monoisotopic (exact) mass is 183 g/mol. The average molecular weight is 183 g/mol. The molecule has 0 N–H and O–H groups in total. The first kappa shape index (κ1) is 10.6. The summed E-state index contributed by atoms with van der Waals surface area (Å²) in [4.78, 5) is 13.6. The van der Waals surface area contributed by atoms with Crippen LogP contribution < -0.4 is 0 Å². The summed E-state index contributed by atoms with van der Waals surface area (Å²) in [6.07, 6.45) is 5.38. The molecule has 2 nitrogen and oxygen atoms in total. The lowest BCUT2D eigenvalue weighted by atomic mass is 9.95. The van der Waals surface area contributed by atoms with Crippen molar-refractivity contribution in [1.29, 1.82) is 0 Å². The molecule has 0 aliphatic carbocycles. The van der Waals surface area contributed by atoms with Gasteiger partial charge in [-0.1, -0.05) is 19.8 Å². The second-order valence-electron chi connectivity index (χ2n) is 4.56. The Morgan fingerprint density at radius 3 is 2.62 bits per heavy atom. The van der Waals surface area contributed by atoms with Gasteiger partial charge in [0.25, 0.3) is 0 Å². The minimum atomic E-state index is 0.0869. The smallest absolute Gasteiger partial charge is 0.223 e. The SMILES string of the molecule is CCCCC(C)(C)N1CCCC1=O. The van der Waals surface area contributed by atoms with Crippen LogP contribution in [0.5, 0.6) is 0 Å². The maximum atomic E-state index is 11.5. The Morgan fingerprint density at radius 1 is 1.46 bits per heavy atom. The molecule has 76 valence electrons. The van der Waals surface area contributed by atoms with E-state index < -0.39 is 0 Å². The van der Waals surface area contributed by atoms with Gasteiger partial charge < -0.3 is 4.90 Å². The van der Waals surface area contributed by atoms with E-state index in [1.54, 1.807) is 0 Å². The van der Waals surface area contributed by atoms with Crippen LogP contribution in [0.3, 0.4) is 0 Å². The van der Waals surface area contributed by atoms with Crippen LogP contribution in [0.2, 0.25) is 0 Å². The molecule has 0 aromatic heterocycles. The van der Waals surface area contributed by atoms with Crippen molar-refractivity contribution in [3.63, 3.8) is 0 Å². The van der Waals surface area contributed by atoms with E-state index in [-0.39, 0.29) is 5.54 Å². The normalized spacial score (nSPS) is 18.4. The highest BCUT2D eigenvalue weighted by Crippen LogP contribution is 2.26. The van der Waals surface area contributed by atoms with E-state index in [2.05, 4.69) is 25.7 Å². The lowest BCUT2D eigenvalue weighted by Gasteiger charge is -2.35. The van der Waals surface area contributed by atoms with Gasteiger partial charge in [-0.3, -0.25) is 4.79 Å². The summed E-state index contributed by atoms with van der Waals surface area (Å²) in [6, 6.07) is 0. The van der Waals surface area contributed by atoms with Crippen LogP contribution in [0.15, 0.2) is 0 Å². The van der Waals surface area contributed by atoms with Crippen molar-refractivity contribution in [2.45, 2.75) is 58.4 Å². The Morgan fingerprint density at radius 2 is 2.15 bits per heavy atom. The zero-order valence-corrected chi connectivity index (χ0v) is 9.10. The highest BCUT2D eigenvalue weighted by atomic mass is 16.2. The molecule has 1 aliphatic heterocycles. The van der Waals surface area contributed by atoms with Crippen molar-refractivity contribution in [2.75, 3.05) is 6.54 Å². The predicted molar refractivity (Wildman–Crippen MR) is 54.6 cm³/mol. The Labute approximate surface area is 81.3 Å². The molecule has 0 radical (unpaired) electrons. The Kier molecular flexibility index (Phi) is 3.34. The summed E-state index contributed by atoms with van der Waals surface area (Å²) >= 11 is 0. The predicted octanol–water partition coefficient (Wildman–Crippen LogP) is 2.58. The van der Waals surface area contributed by atoms with Crippen molar-refractivity contribution in [3.8, 4) is 0 Å². The molecule has 1 saturated heterocycles. The maximum absolute atomic E-state index is 11.5. The third-order valence-electron chi connectivity index (χ3n) is 2.95. The number of rotatable bonds is 4. The molecule has 0 atom stereocenters. The van der Waals surface area contributed by atoms with Crippen LogP contribution in [0.1, 0.15) is 52.9 Å². The van der Waals surface area contributed by atoms with Gasteiger partial charge in [-0.05, 0) is 26.7 Å². The lowest BCUT2D eigenvalue weighted by molar-refractivity contribution is -0.132. The summed E-state index contributed by atoms with van der Waals surface area (Å²) in [5.41, 5.74) is 0.0869. The van der Waals surface area contributed by atoms with Crippen molar-refractivity contribution >= 4 is 5.91 Å². The van der Waals surface area contributed by atoms with Gasteiger partial charge in [0.2, 0.25) is 5.91 Å². The van der Waals surface area contributed by atoms with Crippen molar-refractivity contribution in [2.24, 2.45) is 0 Å². The first-order valence-electron chi connectivity index (χ1n) is 5.38. The fraction of sp³-hybridized carbons (Fsp3) is 0.909. The second kappa shape index (κ2) is 4.12. The average Bonchev–Trinajstić information content (AvgIpc) is 2.48. The van der Waals surface area contributed by atoms with E-state index in [1.165, 1.54) is 12.8 Å². The molecule has 0 bridgehead atoms. The highest BCUT2D eigenvalue weighted by Gasteiger charge is 2.32. The number of amides is 1. The maximum Gasteiger partial charge on any atom is 0.223 e. The molecule has 1 fully saturated rings. The molecule has 0 aromatic carbocycles. The van der Waals surface area contributed by atoms with Gasteiger partial charge in [-0.25, -0.2) is 0 Å². The van der Waals surface area contributed by atoms with Gasteiger partial charge in [0.05, 0.1) is 0 Å². The molecular formula is C11H21NO. The van der Waals surface area contributed by atoms with Gasteiger partial charge in [0.15, 0.2) is 0 Å². The third kappa shape index (κ3) is 2.45. The van der Waals surface area contributed by atoms with Gasteiger partial charge in [0.1, 0.15) is 0 Å². The standard InChI is InChI=1S/C11H21NO/c1-4-5-8-11(2,3)12-9-6-7-10(12)13/h4-9H2,1-3H3. The van der Waals surface area contributed by atoms with E-state index in [0.29, 0.717) is 5.91 Å². The van der Waals surface area contributed by atoms with Crippen LogP contribution in [-0.2, 0) is 4.79 Å². The van der Waals surface area contributed by atoms with Gasteiger partial charge >= 0.3 is 0 Å². The first-order valence-corrected chi connectivity index (χ1v) is 5.38. The van der Waals surface area contributed by atoms with Crippen LogP contribution in [-0.4, -0.2) is 22.9 Å². The zero-order chi connectivity index (χ0) is 9.90. The van der Waals surface area contributed by atoms with E-state index >= 15 is 0 Å². The molecule has 0 spiro atoms. The van der Waals surface area contributed by atoms with E-state index in [9.17, 15) is 4.79 Å². The van der Waals surface area contributed by atoms with Crippen molar-refractivity contribution < 1.29 is 4.79 Å². The molecule has 1 amide bonds. The van der Waals surface area contributed by atoms with Gasteiger partial charge in [0, 0.05) is 18.5 Å². The molecule has 2 heteroatoms. The summed E-state index contributed by atoms with van der Waals surface area (Å²) in [5.74, 6) is 0.348. The minimum absolute atomic E-state index is 0.0869. The Balaban J connectivity index is 2.51. The number of hydrogen-bond donors (Lipinski definition) is 0. The van der Waals surface area contributed by atoms with E-state index in [4.69, 9.17) is 0 Å². The molecule has 1 rings (SSSR count). The van der Waals surface area contributed by atoms with E-state index in [1.807, 2.05) is 0 Å². The summed E-state index contributed by atoms with van der Waals surface area (Å²) < 4.78 is 0. The second-order valence-corrected chi connectivity index (χ2v) is 4.56. The van der Waals surface area contributed by atoms with Gasteiger partial charge in [-0.15, -0.1) is 0 Å². The minimum Gasteiger partial charge on any atom is -0.338 e. The quantitative estimate of drug-likeness (QED) is 0.656. The Hall–Kier alpha value is -0.530. The fourth-order valence-electron chi connectivity index (χ4n) is 2.03. The van der Waals surface area contributed by atoms with Gasteiger partial charge in [-0.2, -0.15) is 0 Å². The number of nitrogens with zero attached hydrogens (tertiary/aromatic N) is 1. The Bertz CT molecular complexity index is 187. The molecule has 0 aromatic rings. The number of likely N-dealkylation sites (tertiary alicyclic amines) is 1. The fourth-order valence-corrected chi connectivity index (χ4v) is 2.03. The summed E-state index contributed by atoms with van der Waals surface area (Å²) in [6.45, 7) is 7.54. The van der Waals surface area contributed by atoms with Crippen molar-refractivity contribution in [3.05, 3.63) is 0 Å². The first-order chi connectivity index (χ1) is 6.08. The zero-order valence-electron chi connectivity index (χ0n) is 9.10. The number of unbranched alkanes of at least 4 members (excludes halogenated alkanes) is 1. The van der Waals surface area contributed by atoms with Crippen LogP contribution in [0, 0.1) is 0 Å². The summed E-state index contributed by atoms with van der Waals surface area (Å²) in [7, 11) is 0. The van der Waals surface area contributed by atoms with Crippen LogP contribution in [0.4, 0.5) is 0 Å². The van der Waals surface area contributed by atoms with Crippen molar-refractivity contribution in [1.82, 2.24) is 4.90 Å². The van der Waals surface area contributed by atoms with Crippen LogP contribution >= 0.6 is 0 Å². The lowest BCUT2D eigenvalue weighted by Crippen LogP contribution is -2.44. The number of carbonyl (C=O) groups is 1. The molecule has 1 aliphatic rings. The number of hydrogen-bond acceptors (Lipinski definition) is 1. The summed E-state index contributed by atoms with van der Waals surface area (Å²) in [5, 5.41) is 0. The molecule has 1 heterocycles. The molecule has 0 unspecified atom stereocenters. The highest BCUT2D eigenvalue weighted by molar-refractivity contribution is 5.78. The largest absolute Gasteiger partial charge is 0.338 e. The molecule has 0 saturated carbocycles. The topological polar surface area (TPSA) is 20.3 Å². The molecular weight excluding hydrogens is 162 g/mol. The van der Waals surface area contributed by atoms with Crippen LogP contribution in [0.25, 0.3) is 0 Å². The van der Waals surface area contributed by atoms with E-state index in [0.717, 1.165) is 25.8 Å². The third-order valence-corrected chi connectivity index (χ3v) is 2.95. The molecule has 13 heavy (non-hydrogen) atoms. The number of carbonyl (C=O) groups excluding carboxylic acids is 1.